The van der Waals surface area contributed by atoms with Crippen molar-refractivity contribution in [3.63, 3.8) is 0 Å². The van der Waals surface area contributed by atoms with Gasteiger partial charge in [-0.2, -0.15) is 4.57 Å². The molecule has 1 aromatic heterocycles. The first-order chi connectivity index (χ1) is 16.8. The molecule has 4 heteroatoms. The number of thiazole rings is 1. The van der Waals surface area contributed by atoms with Crippen LogP contribution in [0.1, 0.15) is 48.2 Å². The predicted octanol–water partition coefficient (Wildman–Crippen LogP) is 7.58. The molecule has 34 heavy (non-hydrogen) atoms. The lowest BCUT2D eigenvalue weighted by Gasteiger charge is -2.27. The first-order valence-electron chi connectivity index (χ1n) is 12.6. The van der Waals surface area contributed by atoms with Crippen LogP contribution in [0.15, 0.2) is 81.8 Å². The van der Waals surface area contributed by atoms with E-state index in [0.717, 1.165) is 13.1 Å². The van der Waals surface area contributed by atoms with Gasteiger partial charge in [-0.1, -0.05) is 65.6 Å². The summed E-state index contributed by atoms with van der Waals surface area (Å²) in [5.41, 5.74) is 8.89. The molecule has 3 aliphatic heterocycles. The Bertz CT molecular complexity index is 1420. The number of aromatic nitrogens is 1. The fourth-order valence-electron chi connectivity index (χ4n) is 5.92. The highest BCUT2D eigenvalue weighted by atomic mass is 32.2. The molecule has 4 heterocycles. The molecular formula is C30H29N2S2+. The van der Waals surface area contributed by atoms with E-state index in [1.807, 2.05) is 23.1 Å². The Kier molecular flexibility index (Phi) is 5.25. The highest BCUT2D eigenvalue weighted by Gasteiger charge is 2.29. The maximum atomic E-state index is 2.54. The number of benzene rings is 2. The molecule has 3 aromatic rings. The van der Waals surface area contributed by atoms with Crippen LogP contribution in [0.2, 0.25) is 0 Å². The lowest BCUT2D eigenvalue weighted by molar-refractivity contribution is -0.671. The topological polar surface area (TPSA) is 7.12 Å². The van der Waals surface area contributed by atoms with Crippen molar-refractivity contribution in [2.24, 2.45) is 0 Å². The normalized spacial score (nSPS) is 21.6. The molecule has 4 aliphatic rings. The molecule has 0 saturated heterocycles. The van der Waals surface area contributed by atoms with Gasteiger partial charge in [0.05, 0.1) is 10.7 Å². The molecule has 1 aliphatic carbocycles. The Morgan fingerprint density at radius 3 is 2.76 bits per heavy atom. The third-order valence-electron chi connectivity index (χ3n) is 7.50. The predicted molar refractivity (Wildman–Crippen MR) is 145 cm³/mol. The van der Waals surface area contributed by atoms with Crippen molar-refractivity contribution in [3.8, 4) is 0 Å². The zero-order chi connectivity index (χ0) is 22.5. The van der Waals surface area contributed by atoms with Crippen LogP contribution in [0, 0.1) is 0 Å². The number of nitrogens with zero attached hydrogens (tertiary/aromatic N) is 2. The van der Waals surface area contributed by atoms with Crippen LogP contribution in [0.5, 0.6) is 0 Å². The van der Waals surface area contributed by atoms with E-state index in [1.54, 1.807) is 0 Å². The van der Waals surface area contributed by atoms with E-state index in [4.69, 9.17) is 0 Å². The summed E-state index contributed by atoms with van der Waals surface area (Å²) in [7, 11) is 0. The number of para-hydroxylation sites is 2. The lowest BCUT2D eigenvalue weighted by Crippen LogP contribution is -2.38. The van der Waals surface area contributed by atoms with Gasteiger partial charge in [0.1, 0.15) is 4.70 Å². The van der Waals surface area contributed by atoms with Crippen LogP contribution >= 0.6 is 23.1 Å². The zero-order valence-corrected chi connectivity index (χ0v) is 21.1. The SMILES string of the molecule is C1=C(/C=C/c2sc3cccc4c3[n+]2CCC4)CCC/C1=C\C=C1/Sc2cccc3c2N1CCC3. The summed E-state index contributed by atoms with van der Waals surface area (Å²) < 4.78 is 3.97. The molecule has 0 spiro atoms. The van der Waals surface area contributed by atoms with Crippen LogP contribution < -0.4 is 9.47 Å². The Balaban J connectivity index is 1.15. The Morgan fingerprint density at radius 1 is 0.853 bits per heavy atom. The quantitative estimate of drug-likeness (QED) is 0.356. The molecule has 2 aromatic carbocycles. The monoisotopic (exact) mass is 481 g/mol. The van der Waals surface area contributed by atoms with Gasteiger partial charge >= 0.3 is 0 Å². The first-order valence-corrected chi connectivity index (χ1v) is 14.3. The summed E-state index contributed by atoms with van der Waals surface area (Å²) in [6.07, 6.45) is 20.4. The maximum Gasteiger partial charge on any atom is 0.262 e. The third kappa shape index (κ3) is 3.59. The molecular weight excluding hydrogens is 452 g/mol. The van der Waals surface area contributed by atoms with Gasteiger partial charge < -0.3 is 4.90 Å². The van der Waals surface area contributed by atoms with E-state index in [2.05, 4.69) is 76.2 Å². The molecule has 0 saturated carbocycles. The number of hydrogen-bond donors (Lipinski definition) is 0. The molecule has 0 radical (unpaired) electrons. The number of anilines is 1. The standard InChI is InChI=1S/C30H29N2S2/c1-6-21(14-16-27-31-18-4-10-23-8-2-12-25(33-27)29(23)31)20-22(7-1)15-17-28-32-19-5-11-24-9-3-13-26(34-28)30(24)32/h2-3,8-9,12-17,20H,1,4-7,10-11,18-19H2/q+1. The van der Waals surface area contributed by atoms with Gasteiger partial charge in [0.15, 0.2) is 6.54 Å². The van der Waals surface area contributed by atoms with Crippen LogP contribution in [0.4, 0.5) is 5.69 Å². The summed E-state index contributed by atoms with van der Waals surface area (Å²) in [5, 5.41) is 2.78. The zero-order valence-electron chi connectivity index (χ0n) is 19.4. The highest BCUT2D eigenvalue weighted by Crippen LogP contribution is 2.49. The summed E-state index contributed by atoms with van der Waals surface area (Å²) in [6.45, 7) is 2.29. The van der Waals surface area contributed by atoms with Gasteiger partial charge in [-0.3, -0.25) is 0 Å². The largest absolute Gasteiger partial charge is 0.335 e. The van der Waals surface area contributed by atoms with Gasteiger partial charge in [0.2, 0.25) is 5.52 Å². The summed E-state index contributed by atoms with van der Waals surface area (Å²) >= 11 is 3.88. The molecule has 0 amide bonds. The summed E-state index contributed by atoms with van der Waals surface area (Å²) in [6, 6.07) is 13.6. The van der Waals surface area contributed by atoms with Crippen LogP contribution in [-0.4, -0.2) is 6.54 Å². The second kappa shape index (κ2) is 8.58. The average Bonchev–Trinajstić information content (AvgIpc) is 3.43. The van der Waals surface area contributed by atoms with E-state index in [0.29, 0.717) is 0 Å². The third-order valence-corrected chi connectivity index (χ3v) is 9.73. The van der Waals surface area contributed by atoms with E-state index in [-0.39, 0.29) is 0 Å². The minimum atomic E-state index is 1.15. The van der Waals surface area contributed by atoms with Crippen molar-refractivity contribution >= 4 is 45.1 Å². The van der Waals surface area contributed by atoms with Gasteiger partial charge in [0, 0.05) is 29.5 Å². The summed E-state index contributed by atoms with van der Waals surface area (Å²) in [5.74, 6) is 0. The molecule has 170 valence electrons. The minimum Gasteiger partial charge on any atom is -0.335 e. The van der Waals surface area contributed by atoms with Gasteiger partial charge in [0.25, 0.3) is 5.01 Å². The highest BCUT2D eigenvalue weighted by molar-refractivity contribution is 8.03. The molecule has 2 nitrogen and oxygen atoms in total. The van der Waals surface area contributed by atoms with Crippen LogP contribution in [-0.2, 0) is 19.4 Å². The van der Waals surface area contributed by atoms with Gasteiger partial charge in [-0.25, -0.2) is 0 Å². The van der Waals surface area contributed by atoms with Gasteiger partial charge in [-0.15, -0.1) is 0 Å². The van der Waals surface area contributed by atoms with Crippen molar-refractivity contribution in [1.29, 1.82) is 0 Å². The van der Waals surface area contributed by atoms with Crippen molar-refractivity contribution in [1.82, 2.24) is 0 Å². The Hall–Kier alpha value is -2.56. The van der Waals surface area contributed by atoms with Crippen molar-refractivity contribution in [2.75, 3.05) is 11.4 Å². The number of hydrogen-bond acceptors (Lipinski definition) is 3. The molecule has 0 atom stereocenters. The van der Waals surface area contributed by atoms with E-state index in [9.17, 15) is 0 Å². The number of allylic oxidation sites excluding steroid dienone is 6. The smallest absolute Gasteiger partial charge is 0.262 e. The van der Waals surface area contributed by atoms with E-state index >= 15 is 0 Å². The second-order valence-corrected chi connectivity index (χ2v) is 11.9. The molecule has 0 unspecified atom stereocenters. The fourth-order valence-corrected chi connectivity index (χ4v) is 8.20. The molecule has 0 fully saturated rings. The Labute approximate surface area is 210 Å². The van der Waals surface area contributed by atoms with Crippen LogP contribution in [0.3, 0.4) is 0 Å². The summed E-state index contributed by atoms with van der Waals surface area (Å²) in [4.78, 5) is 3.97. The van der Waals surface area contributed by atoms with E-state index in [1.165, 1.54) is 98.1 Å². The van der Waals surface area contributed by atoms with Crippen molar-refractivity contribution in [2.45, 2.75) is 56.4 Å². The number of thioether (sulfide) groups is 1. The number of aryl methyl sites for hydroxylation is 3. The average molecular weight is 482 g/mol. The molecule has 7 rings (SSSR count). The van der Waals surface area contributed by atoms with Crippen LogP contribution in [0.25, 0.3) is 16.3 Å². The van der Waals surface area contributed by atoms with Gasteiger partial charge in [-0.05, 0) is 73.4 Å². The minimum absolute atomic E-state index is 1.15. The van der Waals surface area contributed by atoms with E-state index < -0.39 is 0 Å². The lowest BCUT2D eigenvalue weighted by atomic mass is 9.94. The fraction of sp³-hybridized carbons (Fsp3) is 0.300. The second-order valence-electron chi connectivity index (χ2n) is 9.73. The molecule has 0 bridgehead atoms. The first kappa shape index (κ1) is 20.8. The van der Waals surface area contributed by atoms with Crippen molar-refractivity contribution < 1.29 is 4.57 Å². The van der Waals surface area contributed by atoms with Crippen molar-refractivity contribution in [3.05, 3.63) is 93.0 Å². The maximum absolute atomic E-state index is 2.54. The molecule has 0 N–H and O–H groups in total. The number of rotatable bonds is 3. The Morgan fingerprint density at radius 2 is 1.76 bits per heavy atom.